The Hall–Kier alpha value is -3.41. The zero-order valence-corrected chi connectivity index (χ0v) is 31.1. The smallest absolute Gasteiger partial charge is 0.387 e. The Morgan fingerprint density at radius 3 is 2.40 bits per heavy atom. The van der Waals surface area contributed by atoms with Crippen molar-refractivity contribution in [3.8, 4) is 11.5 Å². The number of likely N-dealkylation sites (N-methyl/N-ethyl adjacent to an activating group) is 1. The molecule has 1 amide bonds. The lowest BCUT2D eigenvalue weighted by Gasteiger charge is -2.32. The number of piperazine rings is 1. The summed E-state index contributed by atoms with van der Waals surface area (Å²) in [6.07, 6.45) is 2.67. The van der Waals surface area contributed by atoms with Crippen LogP contribution in [0.1, 0.15) is 40.4 Å². The molecule has 12 nitrogen and oxygen atoms in total. The second-order valence-electron chi connectivity index (χ2n) is 12.7. The summed E-state index contributed by atoms with van der Waals surface area (Å²) in [5, 5.41) is 10.6. The highest BCUT2D eigenvalue weighted by Gasteiger charge is 2.42. The molecule has 18 heteroatoms. The van der Waals surface area contributed by atoms with Crippen LogP contribution in [0.5, 0.6) is 11.5 Å². The number of hydrogen-bond acceptors (Lipinski definition) is 10. The van der Waals surface area contributed by atoms with Gasteiger partial charge in [-0.25, -0.2) is 13.2 Å². The van der Waals surface area contributed by atoms with Crippen molar-refractivity contribution < 1.29 is 45.7 Å². The molecule has 0 spiro atoms. The molecule has 3 heterocycles. The van der Waals surface area contributed by atoms with Crippen molar-refractivity contribution in [1.29, 1.82) is 0 Å². The Morgan fingerprint density at radius 1 is 1.02 bits per heavy atom. The van der Waals surface area contributed by atoms with Crippen LogP contribution >= 0.6 is 35.0 Å². The standard InChI is InChI=1S/C34H36Cl2F2N4O8S2/c1-39-9-11-40(12-10-39)31(43)23-3-2-4-24(15-23)52(46,47)42-13-14-51-32(42)33(44)49-29(17-25-26(35)18-41(45)19-27(25)36)22-7-8-28(50-34(37)38)30(16-22)48-20-21-5-6-21/h2-4,7-8,15-16,18-19,21,29,32,34H,5-6,9-14,17,20H2,1H3/t29-,32-/m0/s1. The van der Waals surface area contributed by atoms with E-state index in [4.69, 9.17) is 32.7 Å². The molecule has 1 saturated carbocycles. The third kappa shape index (κ3) is 9.02. The quantitative estimate of drug-likeness (QED) is 0.132. The number of halogens is 4. The normalized spacial score (nSPS) is 19.1. The molecule has 0 bridgehead atoms. The van der Waals surface area contributed by atoms with Crippen molar-refractivity contribution in [2.24, 2.45) is 5.92 Å². The summed E-state index contributed by atoms with van der Waals surface area (Å²) in [5.41, 5.74) is 0.762. The minimum Gasteiger partial charge on any atom is -0.619 e. The number of hydrogen-bond donors (Lipinski definition) is 0. The molecule has 52 heavy (non-hydrogen) atoms. The minimum absolute atomic E-state index is 0.00106. The van der Waals surface area contributed by atoms with Crippen molar-refractivity contribution >= 4 is 56.9 Å². The molecular weight excluding hydrogens is 765 g/mol. The van der Waals surface area contributed by atoms with Gasteiger partial charge in [0.2, 0.25) is 10.0 Å². The van der Waals surface area contributed by atoms with E-state index >= 15 is 0 Å². The number of amides is 1. The minimum atomic E-state index is -4.29. The average Bonchev–Trinajstić information content (AvgIpc) is 3.80. The number of aromatic nitrogens is 1. The number of benzene rings is 2. The summed E-state index contributed by atoms with van der Waals surface area (Å²) < 4.78 is 72.5. The molecule has 1 aliphatic carbocycles. The number of rotatable bonds is 13. The number of nitrogens with zero attached hydrogens (tertiary/aromatic N) is 4. The fourth-order valence-corrected chi connectivity index (χ4v) is 9.56. The highest BCUT2D eigenvalue weighted by Crippen LogP contribution is 2.39. The summed E-state index contributed by atoms with van der Waals surface area (Å²) in [6.45, 7) is -0.450. The maximum absolute atomic E-state index is 14.0. The molecule has 6 rings (SSSR count). The van der Waals surface area contributed by atoms with Crippen LogP contribution < -0.4 is 14.2 Å². The molecule has 2 aromatic carbocycles. The number of sulfonamides is 1. The predicted molar refractivity (Wildman–Crippen MR) is 189 cm³/mol. The molecule has 1 aromatic heterocycles. The zero-order chi connectivity index (χ0) is 37.2. The second-order valence-corrected chi connectivity index (χ2v) is 16.6. The number of pyridine rings is 1. The lowest BCUT2D eigenvalue weighted by Crippen LogP contribution is -2.47. The highest BCUT2D eigenvalue weighted by molar-refractivity contribution is 8.02. The van der Waals surface area contributed by atoms with Crippen LogP contribution in [-0.4, -0.2) is 98.5 Å². The van der Waals surface area contributed by atoms with Crippen molar-refractivity contribution in [3.05, 3.63) is 86.8 Å². The van der Waals surface area contributed by atoms with Crippen LogP contribution in [0, 0.1) is 11.1 Å². The van der Waals surface area contributed by atoms with E-state index in [-0.39, 0.29) is 74.7 Å². The van der Waals surface area contributed by atoms with Crippen LogP contribution in [0.3, 0.4) is 0 Å². The monoisotopic (exact) mass is 800 g/mol. The van der Waals surface area contributed by atoms with Gasteiger partial charge in [0.1, 0.15) is 16.1 Å². The first kappa shape index (κ1) is 38.3. The van der Waals surface area contributed by atoms with E-state index in [1.165, 1.54) is 36.4 Å². The van der Waals surface area contributed by atoms with E-state index in [1.54, 1.807) is 11.0 Å². The second kappa shape index (κ2) is 16.3. The van der Waals surface area contributed by atoms with Crippen LogP contribution in [-0.2, 0) is 26.0 Å². The maximum atomic E-state index is 14.0. The lowest BCUT2D eigenvalue weighted by molar-refractivity contribution is -0.605. The Kier molecular flexibility index (Phi) is 12.0. The molecular formula is C34H36Cl2F2N4O8S2. The fraction of sp³-hybridized carbons (Fsp3) is 0.441. The van der Waals surface area contributed by atoms with Crippen LogP contribution in [0.4, 0.5) is 8.78 Å². The van der Waals surface area contributed by atoms with Gasteiger partial charge in [0, 0.05) is 56.0 Å². The van der Waals surface area contributed by atoms with Gasteiger partial charge in [-0.1, -0.05) is 35.3 Å². The summed E-state index contributed by atoms with van der Waals surface area (Å²) in [6, 6.07) is 9.83. The van der Waals surface area contributed by atoms with Gasteiger partial charge >= 0.3 is 12.6 Å². The molecule has 3 aromatic rings. The Labute approximate surface area is 314 Å². The topological polar surface area (TPSA) is 133 Å². The van der Waals surface area contributed by atoms with Gasteiger partial charge in [0.15, 0.2) is 29.3 Å². The van der Waals surface area contributed by atoms with E-state index in [1.807, 2.05) is 7.05 Å². The molecule has 3 fully saturated rings. The third-order valence-corrected chi connectivity index (χ3v) is 12.8. The van der Waals surface area contributed by atoms with Crippen molar-refractivity contribution in [2.45, 2.75) is 42.2 Å². The molecule has 3 aliphatic rings. The van der Waals surface area contributed by atoms with E-state index in [0.29, 0.717) is 36.5 Å². The molecule has 2 saturated heterocycles. The van der Waals surface area contributed by atoms with Gasteiger partial charge in [-0.2, -0.15) is 17.8 Å². The number of thioether (sulfide) groups is 1. The van der Waals surface area contributed by atoms with E-state index in [2.05, 4.69) is 9.64 Å². The molecule has 0 radical (unpaired) electrons. The molecule has 0 unspecified atom stereocenters. The zero-order valence-electron chi connectivity index (χ0n) is 28.0. The SMILES string of the molecule is CN1CCN(C(=O)c2cccc(S(=O)(=O)N3CCS[C@H]3C(=O)O[C@@H](Cc3c(Cl)c[n+]([O-])cc3Cl)c3ccc(OC(F)F)c(OCC4CC4)c3)c2)CC1. The van der Waals surface area contributed by atoms with E-state index < -0.39 is 34.1 Å². The summed E-state index contributed by atoms with van der Waals surface area (Å²) in [5.74, 6) is -0.858. The molecule has 2 aliphatic heterocycles. The highest BCUT2D eigenvalue weighted by atomic mass is 35.5. The number of alkyl halides is 2. The third-order valence-electron chi connectivity index (χ3n) is 8.96. The van der Waals surface area contributed by atoms with Gasteiger partial charge in [0.05, 0.1) is 11.5 Å². The number of esters is 1. The summed E-state index contributed by atoms with van der Waals surface area (Å²) in [7, 11) is -2.33. The average molecular weight is 802 g/mol. The number of carbonyl (C=O) groups is 2. The largest absolute Gasteiger partial charge is 0.619 e. The maximum Gasteiger partial charge on any atom is 0.387 e. The van der Waals surface area contributed by atoms with Gasteiger partial charge in [-0.05, 0) is 61.7 Å². The Bertz CT molecular complexity index is 1890. The van der Waals surface area contributed by atoms with Crippen molar-refractivity contribution in [1.82, 2.24) is 14.1 Å². The van der Waals surface area contributed by atoms with Gasteiger partial charge in [0.25, 0.3) is 5.91 Å². The van der Waals surface area contributed by atoms with E-state index in [9.17, 15) is 32.0 Å². The molecule has 280 valence electrons. The first-order chi connectivity index (χ1) is 24.8. The number of ether oxygens (including phenoxy) is 3. The van der Waals surface area contributed by atoms with Crippen LogP contribution in [0.25, 0.3) is 0 Å². The van der Waals surface area contributed by atoms with Crippen LogP contribution in [0.15, 0.2) is 59.8 Å². The lowest BCUT2D eigenvalue weighted by atomic mass is 10.0. The van der Waals surface area contributed by atoms with Crippen molar-refractivity contribution in [2.75, 3.05) is 52.1 Å². The molecule has 0 N–H and O–H groups in total. The van der Waals surface area contributed by atoms with Gasteiger partial charge in [-0.3, -0.25) is 4.79 Å². The summed E-state index contributed by atoms with van der Waals surface area (Å²) >= 11 is 13.8. The molecule has 2 atom stereocenters. The van der Waals surface area contributed by atoms with E-state index in [0.717, 1.165) is 41.3 Å². The summed E-state index contributed by atoms with van der Waals surface area (Å²) in [4.78, 5) is 30.9. The first-order valence-corrected chi connectivity index (χ1v) is 19.7. The Morgan fingerprint density at radius 2 is 1.73 bits per heavy atom. The van der Waals surface area contributed by atoms with Gasteiger partial charge < -0.3 is 29.2 Å². The Balaban J connectivity index is 1.27. The van der Waals surface area contributed by atoms with Crippen LogP contribution in [0.2, 0.25) is 10.0 Å². The predicted octanol–water partition coefficient (Wildman–Crippen LogP) is 5.00. The fourth-order valence-electron chi connectivity index (χ4n) is 5.86. The van der Waals surface area contributed by atoms with Gasteiger partial charge in [-0.15, -0.1) is 11.8 Å². The number of carbonyl (C=O) groups excluding carboxylic acids is 2. The van der Waals surface area contributed by atoms with Crippen molar-refractivity contribution in [3.63, 3.8) is 0 Å². The first-order valence-electron chi connectivity index (χ1n) is 16.5.